The molecular weight excluding hydrogens is 326 g/mol. The van der Waals surface area contributed by atoms with Crippen molar-refractivity contribution >= 4 is 38.9 Å². The molecule has 20 heavy (non-hydrogen) atoms. The van der Waals surface area contributed by atoms with Gasteiger partial charge in [0.15, 0.2) is 5.15 Å². The van der Waals surface area contributed by atoms with Gasteiger partial charge in [-0.3, -0.25) is 4.72 Å². The molecule has 1 aromatic carbocycles. The van der Waals surface area contributed by atoms with E-state index < -0.39 is 20.7 Å². The van der Waals surface area contributed by atoms with Gasteiger partial charge in [0, 0.05) is 11.2 Å². The lowest BCUT2D eigenvalue weighted by Crippen LogP contribution is -2.16. The van der Waals surface area contributed by atoms with E-state index in [0.717, 1.165) is 12.1 Å². The van der Waals surface area contributed by atoms with Gasteiger partial charge in [-0.2, -0.15) is 0 Å². The maximum absolute atomic E-state index is 13.7. The summed E-state index contributed by atoms with van der Waals surface area (Å²) in [6.45, 7) is 1.66. The summed E-state index contributed by atoms with van der Waals surface area (Å²) in [7, 11) is -4.11. The van der Waals surface area contributed by atoms with Crippen LogP contribution < -0.4 is 4.72 Å². The van der Waals surface area contributed by atoms with Gasteiger partial charge in [0.05, 0.1) is 5.69 Å². The highest BCUT2D eigenvalue weighted by Gasteiger charge is 2.21. The largest absolute Gasteiger partial charge is 0.276 e. The van der Waals surface area contributed by atoms with Crippen molar-refractivity contribution < 1.29 is 12.8 Å². The molecule has 0 amide bonds. The van der Waals surface area contributed by atoms with E-state index in [2.05, 4.69) is 9.71 Å². The van der Waals surface area contributed by atoms with Crippen LogP contribution in [0.1, 0.15) is 5.56 Å². The van der Waals surface area contributed by atoms with Crippen molar-refractivity contribution in [2.24, 2.45) is 0 Å². The van der Waals surface area contributed by atoms with E-state index in [1.807, 2.05) is 0 Å². The Balaban J connectivity index is 2.46. The van der Waals surface area contributed by atoms with Gasteiger partial charge in [0.25, 0.3) is 10.0 Å². The molecule has 8 heteroatoms. The third-order valence-corrected chi connectivity index (χ3v) is 4.44. The smallest absolute Gasteiger partial charge is 0.264 e. The molecule has 0 bridgehead atoms. The van der Waals surface area contributed by atoms with Crippen LogP contribution in [0.4, 0.5) is 10.1 Å². The van der Waals surface area contributed by atoms with E-state index in [1.165, 1.54) is 12.3 Å². The van der Waals surface area contributed by atoms with Gasteiger partial charge >= 0.3 is 0 Å². The number of aryl methyl sites for hydroxylation is 1. The summed E-state index contributed by atoms with van der Waals surface area (Å²) in [5.74, 6) is -0.942. The second kappa shape index (κ2) is 5.55. The summed E-state index contributed by atoms with van der Waals surface area (Å²) < 4.78 is 40.2. The van der Waals surface area contributed by atoms with Crippen molar-refractivity contribution in [3.8, 4) is 0 Å². The van der Waals surface area contributed by atoms with Gasteiger partial charge in [0.1, 0.15) is 10.7 Å². The fourth-order valence-corrected chi connectivity index (χ4v) is 3.20. The predicted molar refractivity (Wildman–Crippen MR) is 76.2 cm³/mol. The first kappa shape index (κ1) is 15.0. The molecular formula is C12H9Cl2FN2O2S. The van der Waals surface area contributed by atoms with Crippen molar-refractivity contribution in [2.45, 2.75) is 11.8 Å². The molecule has 106 valence electrons. The molecule has 0 fully saturated rings. The minimum atomic E-state index is -4.11. The fraction of sp³-hybridized carbons (Fsp3) is 0.0833. The van der Waals surface area contributed by atoms with Crippen molar-refractivity contribution in [3.63, 3.8) is 0 Å². The molecule has 0 atom stereocenters. The van der Waals surface area contributed by atoms with Crippen LogP contribution in [0.25, 0.3) is 0 Å². The molecule has 0 radical (unpaired) electrons. The highest BCUT2D eigenvalue weighted by molar-refractivity contribution is 7.92. The maximum atomic E-state index is 13.7. The number of sulfonamides is 1. The molecule has 2 rings (SSSR count). The number of benzene rings is 1. The van der Waals surface area contributed by atoms with E-state index in [-0.39, 0.29) is 15.9 Å². The Hall–Kier alpha value is -1.37. The molecule has 0 unspecified atom stereocenters. The second-order valence-corrected chi connectivity index (χ2v) is 6.42. The molecule has 1 aromatic heterocycles. The Morgan fingerprint density at radius 1 is 1.25 bits per heavy atom. The molecule has 0 saturated heterocycles. The predicted octanol–water partition coefficient (Wildman–Crippen LogP) is 3.64. The number of anilines is 1. The van der Waals surface area contributed by atoms with Crippen LogP contribution in [0.2, 0.25) is 10.2 Å². The molecule has 1 heterocycles. The van der Waals surface area contributed by atoms with Crippen LogP contribution in [-0.2, 0) is 10.0 Å². The lowest BCUT2D eigenvalue weighted by Gasteiger charge is -2.12. The number of aromatic nitrogens is 1. The minimum Gasteiger partial charge on any atom is -0.276 e. The SMILES string of the molecule is Cc1ccnc(Cl)c1NS(=O)(=O)c1ccc(Cl)cc1F. The zero-order valence-electron chi connectivity index (χ0n) is 10.2. The van der Waals surface area contributed by atoms with Gasteiger partial charge in [-0.15, -0.1) is 0 Å². The Labute approximate surface area is 125 Å². The van der Waals surface area contributed by atoms with Crippen molar-refractivity contribution in [2.75, 3.05) is 4.72 Å². The van der Waals surface area contributed by atoms with Gasteiger partial charge in [-0.25, -0.2) is 17.8 Å². The molecule has 0 spiro atoms. The first-order valence-corrected chi connectivity index (χ1v) is 7.64. The third kappa shape index (κ3) is 3.03. The quantitative estimate of drug-likeness (QED) is 0.872. The number of pyridine rings is 1. The highest BCUT2D eigenvalue weighted by Crippen LogP contribution is 2.27. The van der Waals surface area contributed by atoms with Gasteiger partial charge in [0.2, 0.25) is 0 Å². The molecule has 0 aliphatic carbocycles. The van der Waals surface area contributed by atoms with Crippen LogP contribution in [-0.4, -0.2) is 13.4 Å². The Morgan fingerprint density at radius 2 is 1.95 bits per heavy atom. The topological polar surface area (TPSA) is 59.1 Å². The molecule has 1 N–H and O–H groups in total. The number of nitrogens with zero attached hydrogens (tertiary/aromatic N) is 1. The summed E-state index contributed by atoms with van der Waals surface area (Å²) in [5, 5.41) is 0.0972. The average Bonchev–Trinajstić information content (AvgIpc) is 2.33. The number of halogens is 3. The highest BCUT2D eigenvalue weighted by atomic mass is 35.5. The standard InChI is InChI=1S/C12H9Cl2FN2O2S/c1-7-4-5-16-12(14)11(7)17-20(18,19)10-3-2-8(13)6-9(10)15/h2-6,17H,1H3. The van der Waals surface area contributed by atoms with Crippen molar-refractivity contribution in [1.29, 1.82) is 0 Å². The number of hydrogen-bond donors (Lipinski definition) is 1. The maximum Gasteiger partial charge on any atom is 0.264 e. The lowest BCUT2D eigenvalue weighted by atomic mass is 10.3. The van der Waals surface area contributed by atoms with Gasteiger partial charge in [-0.1, -0.05) is 23.2 Å². The molecule has 0 saturated carbocycles. The zero-order valence-corrected chi connectivity index (χ0v) is 12.5. The Bertz CT molecular complexity index is 746. The van der Waals surface area contributed by atoms with Crippen LogP contribution in [0.3, 0.4) is 0 Å². The van der Waals surface area contributed by atoms with Crippen molar-refractivity contribution in [3.05, 3.63) is 52.0 Å². The first-order chi connectivity index (χ1) is 9.31. The lowest BCUT2D eigenvalue weighted by molar-refractivity contribution is 0.570. The van der Waals surface area contributed by atoms with E-state index in [1.54, 1.807) is 13.0 Å². The summed E-state index contributed by atoms with van der Waals surface area (Å²) in [4.78, 5) is 3.27. The summed E-state index contributed by atoms with van der Waals surface area (Å²) in [5.41, 5.74) is 0.687. The number of nitrogens with one attached hydrogen (secondary N) is 1. The normalized spacial score (nSPS) is 11.4. The van der Waals surface area contributed by atoms with E-state index in [0.29, 0.717) is 5.56 Å². The van der Waals surface area contributed by atoms with Crippen LogP contribution in [0, 0.1) is 12.7 Å². The summed E-state index contributed by atoms with van der Waals surface area (Å²) >= 11 is 11.4. The monoisotopic (exact) mass is 334 g/mol. The number of rotatable bonds is 3. The third-order valence-electron chi connectivity index (χ3n) is 2.53. The number of hydrogen-bond acceptors (Lipinski definition) is 3. The van der Waals surface area contributed by atoms with Gasteiger partial charge in [-0.05, 0) is 36.8 Å². The minimum absolute atomic E-state index is 0.0112. The first-order valence-electron chi connectivity index (χ1n) is 5.40. The molecule has 2 aromatic rings. The van der Waals surface area contributed by atoms with Crippen LogP contribution >= 0.6 is 23.2 Å². The summed E-state index contributed by atoms with van der Waals surface area (Å²) in [6.07, 6.45) is 1.44. The van der Waals surface area contributed by atoms with Gasteiger partial charge < -0.3 is 0 Å². The Kier molecular flexibility index (Phi) is 4.17. The molecule has 0 aliphatic heterocycles. The van der Waals surface area contributed by atoms with Crippen LogP contribution in [0.15, 0.2) is 35.4 Å². The average molecular weight is 335 g/mol. The van der Waals surface area contributed by atoms with E-state index in [4.69, 9.17) is 23.2 Å². The zero-order chi connectivity index (χ0) is 14.9. The van der Waals surface area contributed by atoms with E-state index >= 15 is 0 Å². The van der Waals surface area contributed by atoms with Crippen molar-refractivity contribution in [1.82, 2.24) is 4.98 Å². The molecule has 0 aliphatic rings. The van der Waals surface area contributed by atoms with Crippen LogP contribution in [0.5, 0.6) is 0 Å². The fourth-order valence-electron chi connectivity index (χ4n) is 1.53. The second-order valence-electron chi connectivity index (χ2n) is 3.97. The summed E-state index contributed by atoms with van der Waals surface area (Å²) in [6, 6.07) is 4.88. The van der Waals surface area contributed by atoms with E-state index in [9.17, 15) is 12.8 Å². The Morgan fingerprint density at radius 3 is 2.55 bits per heavy atom. The molecule has 4 nitrogen and oxygen atoms in total.